The van der Waals surface area contributed by atoms with Crippen molar-refractivity contribution in [3.8, 4) is 11.4 Å². The molecule has 0 atom stereocenters. The lowest BCUT2D eigenvalue weighted by Gasteiger charge is -2.08. The fourth-order valence-corrected chi connectivity index (χ4v) is 2.56. The standard InChI is InChI=1S/C19H17F3N4O3/c1-11(2)23-18(28)29-8-7-12-3-6-17(27)16(9-12)26-24-14-5-4-13(19(20,21)22)10-15(14)25-26/h3-6,9-10,27H,1,7-8H2,2H3,(H,23,28). The SMILES string of the molecule is C=C(C)NC(=O)OCCc1ccc(O)c(-n2nc3ccc(C(F)(F)F)cc3n2)c1. The summed E-state index contributed by atoms with van der Waals surface area (Å²) in [4.78, 5) is 12.5. The number of halogens is 3. The summed E-state index contributed by atoms with van der Waals surface area (Å²) in [7, 11) is 0. The molecule has 0 unspecified atom stereocenters. The number of alkyl carbamates (subject to hydrolysis) is 1. The van der Waals surface area contributed by atoms with E-state index in [0.717, 1.165) is 16.9 Å². The van der Waals surface area contributed by atoms with E-state index in [2.05, 4.69) is 22.1 Å². The fourth-order valence-electron chi connectivity index (χ4n) is 2.56. The molecule has 2 N–H and O–H groups in total. The average molecular weight is 406 g/mol. The maximum atomic E-state index is 12.9. The van der Waals surface area contributed by atoms with E-state index in [-0.39, 0.29) is 29.1 Å². The maximum Gasteiger partial charge on any atom is 0.416 e. The summed E-state index contributed by atoms with van der Waals surface area (Å²) in [5.41, 5.74) is 0.816. The van der Waals surface area contributed by atoms with Crippen LogP contribution in [-0.4, -0.2) is 32.8 Å². The van der Waals surface area contributed by atoms with Gasteiger partial charge in [-0.15, -0.1) is 15.0 Å². The predicted molar refractivity (Wildman–Crippen MR) is 98.5 cm³/mol. The summed E-state index contributed by atoms with van der Waals surface area (Å²) in [6.07, 6.45) is -4.77. The van der Waals surface area contributed by atoms with Gasteiger partial charge in [0.25, 0.3) is 0 Å². The molecule has 152 valence electrons. The number of hydrogen-bond acceptors (Lipinski definition) is 5. The molecule has 1 heterocycles. The molecule has 3 rings (SSSR count). The van der Waals surface area contributed by atoms with Gasteiger partial charge in [-0.25, -0.2) is 4.79 Å². The number of amides is 1. The Bertz CT molecular complexity index is 1080. The topological polar surface area (TPSA) is 89.3 Å². The molecular weight excluding hydrogens is 389 g/mol. The van der Waals surface area contributed by atoms with Crippen molar-refractivity contribution in [1.82, 2.24) is 20.3 Å². The summed E-state index contributed by atoms with van der Waals surface area (Å²) in [6, 6.07) is 7.64. The number of nitrogens with one attached hydrogen (secondary N) is 1. The third-order valence-electron chi connectivity index (χ3n) is 3.90. The van der Waals surface area contributed by atoms with Crippen molar-refractivity contribution in [1.29, 1.82) is 0 Å². The predicted octanol–water partition coefficient (Wildman–Crippen LogP) is 3.95. The summed E-state index contributed by atoms with van der Waals surface area (Å²) in [6.45, 7) is 5.23. The number of phenolic OH excluding ortho intramolecular Hbond substituents is 1. The number of aromatic nitrogens is 3. The Kier molecular flexibility index (Phi) is 5.44. The monoisotopic (exact) mass is 406 g/mol. The Morgan fingerprint density at radius 2 is 1.93 bits per heavy atom. The average Bonchev–Trinajstić information content (AvgIpc) is 3.04. The van der Waals surface area contributed by atoms with Gasteiger partial charge in [0.15, 0.2) is 0 Å². The smallest absolute Gasteiger partial charge is 0.416 e. The third kappa shape index (κ3) is 4.84. The quantitative estimate of drug-likeness (QED) is 0.670. The summed E-state index contributed by atoms with van der Waals surface area (Å²) in [5.74, 6) is -0.147. The number of nitrogens with zero attached hydrogens (tertiary/aromatic N) is 3. The summed E-state index contributed by atoms with van der Waals surface area (Å²) < 4.78 is 43.6. The van der Waals surface area contributed by atoms with E-state index < -0.39 is 17.8 Å². The number of phenols is 1. The van der Waals surface area contributed by atoms with Crippen LogP contribution in [0.3, 0.4) is 0 Å². The first-order valence-electron chi connectivity index (χ1n) is 8.49. The fraction of sp³-hybridized carbons (Fsp3) is 0.211. The normalized spacial score (nSPS) is 11.4. The molecule has 0 aliphatic heterocycles. The van der Waals surface area contributed by atoms with Gasteiger partial charge < -0.3 is 9.84 Å². The highest BCUT2D eigenvalue weighted by Crippen LogP contribution is 2.31. The van der Waals surface area contributed by atoms with Crippen molar-refractivity contribution >= 4 is 17.1 Å². The summed E-state index contributed by atoms with van der Waals surface area (Å²) in [5, 5.41) is 20.7. The first kappa shape index (κ1) is 20.2. The molecule has 0 bridgehead atoms. The Hall–Kier alpha value is -3.56. The lowest BCUT2D eigenvalue weighted by Crippen LogP contribution is -2.22. The number of aromatic hydroxyl groups is 1. The van der Waals surface area contributed by atoms with Crippen LogP contribution in [0.2, 0.25) is 0 Å². The molecule has 0 spiro atoms. The van der Waals surface area contributed by atoms with Gasteiger partial charge in [0.05, 0.1) is 12.2 Å². The lowest BCUT2D eigenvalue weighted by atomic mass is 10.1. The van der Waals surface area contributed by atoms with Crippen molar-refractivity contribution in [3.05, 3.63) is 59.8 Å². The van der Waals surface area contributed by atoms with Crippen molar-refractivity contribution in [2.45, 2.75) is 19.5 Å². The number of ether oxygens (including phenoxy) is 1. The van der Waals surface area contributed by atoms with Gasteiger partial charge in [-0.1, -0.05) is 12.6 Å². The Labute approximate surface area is 163 Å². The second kappa shape index (κ2) is 7.82. The van der Waals surface area contributed by atoms with Crippen molar-refractivity contribution in [2.24, 2.45) is 0 Å². The Morgan fingerprint density at radius 1 is 1.21 bits per heavy atom. The van der Waals surface area contributed by atoms with Gasteiger partial charge in [0.1, 0.15) is 22.5 Å². The van der Waals surface area contributed by atoms with Crippen LogP contribution in [0.1, 0.15) is 18.1 Å². The molecule has 3 aromatic rings. The Morgan fingerprint density at radius 3 is 2.62 bits per heavy atom. The minimum Gasteiger partial charge on any atom is -0.506 e. The number of hydrogen-bond donors (Lipinski definition) is 2. The minimum atomic E-state index is -4.49. The molecule has 7 nitrogen and oxygen atoms in total. The highest BCUT2D eigenvalue weighted by Gasteiger charge is 2.31. The number of allylic oxidation sites excluding steroid dienone is 1. The second-order valence-corrected chi connectivity index (χ2v) is 6.31. The zero-order valence-corrected chi connectivity index (χ0v) is 15.3. The molecule has 0 saturated carbocycles. The van der Waals surface area contributed by atoms with Gasteiger partial charge in [-0.05, 0) is 42.8 Å². The molecule has 2 aromatic carbocycles. The molecule has 29 heavy (non-hydrogen) atoms. The van der Waals surface area contributed by atoms with E-state index in [4.69, 9.17) is 4.74 Å². The van der Waals surface area contributed by atoms with E-state index in [1.165, 1.54) is 12.1 Å². The van der Waals surface area contributed by atoms with Gasteiger partial charge in [0.2, 0.25) is 0 Å². The molecule has 0 saturated heterocycles. The number of carbonyl (C=O) groups excluding carboxylic acids is 1. The number of carbonyl (C=O) groups is 1. The minimum absolute atomic E-state index is 0.0458. The van der Waals surface area contributed by atoms with E-state index >= 15 is 0 Å². The van der Waals surface area contributed by atoms with Crippen molar-refractivity contribution in [3.63, 3.8) is 0 Å². The van der Waals surface area contributed by atoms with E-state index in [1.54, 1.807) is 19.1 Å². The number of alkyl halides is 3. The van der Waals surface area contributed by atoms with E-state index in [1.807, 2.05) is 0 Å². The van der Waals surface area contributed by atoms with Crippen LogP contribution in [0.25, 0.3) is 16.7 Å². The van der Waals surface area contributed by atoms with Crippen LogP contribution in [0.4, 0.5) is 18.0 Å². The van der Waals surface area contributed by atoms with E-state index in [0.29, 0.717) is 17.7 Å². The zero-order chi connectivity index (χ0) is 21.2. The largest absolute Gasteiger partial charge is 0.506 e. The van der Waals surface area contributed by atoms with Crippen LogP contribution in [0.15, 0.2) is 48.7 Å². The van der Waals surface area contributed by atoms with E-state index in [9.17, 15) is 23.1 Å². The second-order valence-electron chi connectivity index (χ2n) is 6.31. The molecule has 0 aliphatic rings. The van der Waals surface area contributed by atoms with Crippen molar-refractivity contribution < 1.29 is 27.8 Å². The van der Waals surface area contributed by atoms with Gasteiger partial charge >= 0.3 is 12.3 Å². The third-order valence-corrected chi connectivity index (χ3v) is 3.90. The highest BCUT2D eigenvalue weighted by atomic mass is 19.4. The zero-order valence-electron chi connectivity index (χ0n) is 15.3. The number of benzene rings is 2. The number of fused-ring (bicyclic) bond motifs is 1. The first-order chi connectivity index (χ1) is 13.6. The molecule has 0 radical (unpaired) electrons. The van der Waals surface area contributed by atoms with Gasteiger partial charge in [-0.3, -0.25) is 5.32 Å². The molecule has 1 amide bonds. The van der Waals surface area contributed by atoms with Crippen LogP contribution < -0.4 is 5.32 Å². The molecule has 0 fully saturated rings. The van der Waals surface area contributed by atoms with Crippen molar-refractivity contribution in [2.75, 3.05) is 6.61 Å². The Balaban J connectivity index is 1.80. The molecular formula is C19H17F3N4O3. The van der Waals surface area contributed by atoms with Crippen LogP contribution in [0.5, 0.6) is 5.75 Å². The van der Waals surface area contributed by atoms with Gasteiger partial charge in [0, 0.05) is 12.1 Å². The lowest BCUT2D eigenvalue weighted by molar-refractivity contribution is -0.137. The summed E-state index contributed by atoms with van der Waals surface area (Å²) >= 11 is 0. The van der Waals surface area contributed by atoms with Crippen LogP contribution in [-0.2, 0) is 17.3 Å². The van der Waals surface area contributed by atoms with Crippen LogP contribution in [0, 0.1) is 0 Å². The van der Waals surface area contributed by atoms with Gasteiger partial charge in [-0.2, -0.15) is 13.2 Å². The highest BCUT2D eigenvalue weighted by molar-refractivity contribution is 5.75. The molecule has 1 aromatic heterocycles. The molecule has 0 aliphatic carbocycles. The molecule has 10 heteroatoms. The number of rotatable bonds is 5. The maximum absolute atomic E-state index is 12.9. The first-order valence-corrected chi connectivity index (χ1v) is 8.49. The van der Waals surface area contributed by atoms with Crippen LogP contribution >= 0.6 is 0 Å².